The van der Waals surface area contributed by atoms with Crippen molar-refractivity contribution in [1.29, 1.82) is 0 Å². The number of nitrogens with zero attached hydrogens (tertiary/aromatic N) is 3. The van der Waals surface area contributed by atoms with E-state index in [0.29, 0.717) is 5.02 Å². The van der Waals surface area contributed by atoms with E-state index in [2.05, 4.69) is 15.5 Å². The Morgan fingerprint density at radius 2 is 1.95 bits per heavy atom. The fourth-order valence-electron chi connectivity index (χ4n) is 3.44. The molecule has 0 radical (unpaired) electrons. The summed E-state index contributed by atoms with van der Waals surface area (Å²) in [5.41, 5.74) is 0.934. The lowest BCUT2D eigenvalue weighted by Crippen LogP contribution is -2.27. The van der Waals surface area contributed by atoms with Gasteiger partial charge in [0.1, 0.15) is 5.82 Å². The average Bonchev–Trinajstić information content (AvgIpc) is 3.07. The monoisotopic (exact) mass is 339 g/mol. The van der Waals surface area contributed by atoms with Gasteiger partial charge in [0.25, 0.3) is 0 Å². The fourth-order valence-corrected chi connectivity index (χ4v) is 3.61. The lowest BCUT2D eigenvalue weighted by atomic mass is 10.0. The molecule has 0 unspecified atom stereocenters. The highest BCUT2D eigenvalue weighted by Crippen LogP contribution is 2.31. The molecule has 0 saturated carbocycles. The zero-order valence-electron chi connectivity index (χ0n) is 12.3. The molecule has 0 bridgehead atoms. The van der Waals surface area contributed by atoms with Crippen LogP contribution in [-0.4, -0.2) is 43.2 Å². The van der Waals surface area contributed by atoms with Gasteiger partial charge in [-0.15, -0.1) is 12.4 Å². The van der Waals surface area contributed by atoms with Gasteiger partial charge in [-0.2, -0.15) is 4.98 Å². The Kier molecular flexibility index (Phi) is 4.30. The van der Waals surface area contributed by atoms with Crippen molar-refractivity contribution in [3.63, 3.8) is 0 Å². The van der Waals surface area contributed by atoms with Crippen LogP contribution in [0.2, 0.25) is 5.02 Å². The molecule has 2 atom stereocenters. The molecule has 2 aliphatic heterocycles. The third-order valence-corrected chi connectivity index (χ3v) is 4.79. The molecule has 2 aromatic rings. The number of nitrogens with one attached hydrogen (secondary N) is 2. The Labute approximate surface area is 140 Å². The van der Waals surface area contributed by atoms with Gasteiger partial charge in [0.15, 0.2) is 0 Å². The highest BCUT2D eigenvalue weighted by Gasteiger charge is 2.37. The normalized spacial score (nSPS) is 23.5. The summed E-state index contributed by atoms with van der Waals surface area (Å²) >= 11 is 6.08. The van der Waals surface area contributed by atoms with E-state index in [1.54, 1.807) is 0 Å². The van der Waals surface area contributed by atoms with E-state index in [-0.39, 0.29) is 12.4 Å². The Bertz CT molecular complexity index is 681. The maximum Gasteiger partial charge on any atom is 0.227 e. The second kappa shape index (κ2) is 6.07. The van der Waals surface area contributed by atoms with Gasteiger partial charge in [0.05, 0.1) is 5.52 Å². The first-order valence-electron chi connectivity index (χ1n) is 7.35. The molecule has 0 spiro atoms. The molecule has 0 aliphatic carbocycles. The summed E-state index contributed by atoms with van der Waals surface area (Å²) in [5, 5.41) is 8.30. The third kappa shape index (κ3) is 2.57. The molecular formula is C15H19Cl2N5. The summed E-state index contributed by atoms with van der Waals surface area (Å²) in [6, 6.07) is 5.75. The summed E-state index contributed by atoms with van der Waals surface area (Å²) in [7, 11) is 1.88. The van der Waals surface area contributed by atoms with Gasteiger partial charge in [0.2, 0.25) is 5.95 Å². The molecule has 2 N–H and O–H groups in total. The number of hydrogen-bond acceptors (Lipinski definition) is 5. The molecule has 2 saturated heterocycles. The number of rotatable bonds is 2. The van der Waals surface area contributed by atoms with Crippen LogP contribution in [0.1, 0.15) is 0 Å². The molecule has 7 heteroatoms. The van der Waals surface area contributed by atoms with Crippen LogP contribution in [0.4, 0.5) is 11.8 Å². The number of benzene rings is 1. The molecule has 1 aromatic carbocycles. The maximum atomic E-state index is 6.08. The molecule has 2 aliphatic rings. The second-order valence-corrected chi connectivity index (χ2v) is 6.30. The lowest BCUT2D eigenvalue weighted by molar-refractivity contribution is 0.533. The van der Waals surface area contributed by atoms with Crippen LogP contribution < -0.4 is 15.5 Å². The molecular weight excluding hydrogens is 321 g/mol. The SMILES string of the molecule is CNc1nc(N2C[C@H]3CNC[C@H]3C2)nc2ccc(Cl)cc12.Cl. The third-order valence-electron chi connectivity index (χ3n) is 4.56. The first-order valence-corrected chi connectivity index (χ1v) is 7.73. The van der Waals surface area contributed by atoms with Crippen molar-refractivity contribution >= 4 is 46.7 Å². The summed E-state index contributed by atoms with van der Waals surface area (Å²) < 4.78 is 0. The van der Waals surface area contributed by atoms with Crippen molar-refractivity contribution in [2.75, 3.05) is 43.4 Å². The summed E-state index contributed by atoms with van der Waals surface area (Å²) in [6.07, 6.45) is 0. The Morgan fingerprint density at radius 1 is 1.23 bits per heavy atom. The minimum absolute atomic E-state index is 0. The topological polar surface area (TPSA) is 53.1 Å². The summed E-state index contributed by atoms with van der Waals surface area (Å²) in [4.78, 5) is 11.7. The molecule has 2 fully saturated rings. The highest BCUT2D eigenvalue weighted by molar-refractivity contribution is 6.31. The molecule has 3 heterocycles. The van der Waals surface area contributed by atoms with Crippen LogP contribution in [-0.2, 0) is 0 Å². The van der Waals surface area contributed by atoms with Gasteiger partial charge in [-0.05, 0) is 30.0 Å². The van der Waals surface area contributed by atoms with Crippen molar-refractivity contribution in [3.8, 4) is 0 Å². The van der Waals surface area contributed by atoms with Crippen LogP contribution in [0.5, 0.6) is 0 Å². The van der Waals surface area contributed by atoms with Gasteiger partial charge in [-0.1, -0.05) is 11.6 Å². The Hall–Kier alpha value is -1.30. The van der Waals surface area contributed by atoms with Crippen LogP contribution in [0.25, 0.3) is 10.9 Å². The van der Waals surface area contributed by atoms with E-state index in [9.17, 15) is 0 Å². The number of anilines is 2. The van der Waals surface area contributed by atoms with Gasteiger partial charge >= 0.3 is 0 Å². The Balaban J connectivity index is 0.00000144. The molecule has 4 rings (SSSR count). The molecule has 118 valence electrons. The predicted molar refractivity (Wildman–Crippen MR) is 93.4 cm³/mol. The van der Waals surface area contributed by atoms with Crippen LogP contribution >= 0.6 is 24.0 Å². The zero-order valence-corrected chi connectivity index (χ0v) is 13.9. The quantitative estimate of drug-likeness (QED) is 0.879. The van der Waals surface area contributed by atoms with Gasteiger partial charge in [0, 0.05) is 43.6 Å². The Morgan fingerprint density at radius 3 is 2.64 bits per heavy atom. The number of halogens is 2. The van der Waals surface area contributed by atoms with Crippen molar-refractivity contribution in [2.24, 2.45) is 11.8 Å². The van der Waals surface area contributed by atoms with Gasteiger partial charge in [-0.3, -0.25) is 0 Å². The minimum atomic E-state index is 0. The second-order valence-electron chi connectivity index (χ2n) is 5.87. The zero-order chi connectivity index (χ0) is 14.4. The van der Waals surface area contributed by atoms with Crippen molar-refractivity contribution in [2.45, 2.75) is 0 Å². The van der Waals surface area contributed by atoms with E-state index in [1.807, 2.05) is 25.2 Å². The van der Waals surface area contributed by atoms with Crippen molar-refractivity contribution in [3.05, 3.63) is 23.2 Å². The van der Waals surface area contributed by atoms with E-state index in [1.165, 1.54) is 0 Å². The summed E-state index contributed by atoms with van der Waals surface area (Å²) in [6.45, 7) is 4.31. The molecule has 22 heavy (non-hydrogen) atoms. The van der Waals surface area contributed by atoms with Gasteiger partial charge in [-0.25, -0.2) is 4.98 Å². The van der Waals surface area contributed by atoms with Gasteiger partial charge < -0.3 is 15.5 Å². The fraction of sp³-hybridized carbons (Fsp3) is 0.467. The van der Waals surface area contributed by atoms with E-state index < -0.39 is 0 Å². The highest BCUT2D eigenvalue weighted by atomic mass is 35.5. The van der Waals surface area contributed by atoms with Crippen LogP contribution in [0.3, 0.4) is 0 Å². The van der Waals surface area contributed by atoms with Crippen molar-refractivity contribution in [1.82, 2.24) is 15.3 Å². The van der Waals surface area contributed by atoms with E-state index in [4.69, 9.17) is 21.6 Å². The van der Waals surface area contributed by atoms with Crippen LogP contribution in [0.15, 0.2) is 18.2 Å². The predicted octanol–water partition coefficient (Wildman–Crippen LogP) is 2.40. The first-order chi connectivity index (χ1) is 10.2. The minimum Gasteiger partial charge on any atom is -0.372 e. The standard InChI is InChI=1S/C15H18ClN5.ClH/c1-17-14-12-4-11(16)2-3-13(12)19-15(20-14)21-7-9-5-18-6-10(9)8-21;/h2-4,9-10,18H,5-8H2,1H3,(H,17,19,20);1H/t9-,10+;. The smallest absolute Gasteiger partial charge is 0.227 e. The van der Waals surface area contributed by atoms with E-state index in [0.717, 1.165) is 60.7 Å². The summed E-state index contributed by atoms with van der Waals surface area (Å²) in [5.74, 6) is 3.12. The molecule has 5 nitrogen and oxygen atoms in total. The number of fused-ring (bicyclic) bond motifs is 2. The molecule has 1 aromatic heterocycles. The lowest BCUT2D eigenvalue weighted by Gasteiger charge is -2.19. The largest absolute Gasteiger partial charge is 0.372 e. The number of aromatic nitrogens is 2. The maximum absolute atomic E-state index is 6.08. The van der Waals surface area contributed by atoms with Crippen molar-refractivity contribution < 1.29 is 0 Å². The average molecular weight is 340 g/mol. The van der Waals surface area contributed by atoms with Crippen LogP contribution in [0, 0.1) is 11.8 Å². The molecule has 0 amide bonds. The van der Waals surface area contributed by atoms with E-state index >= 15 is 0 Å². The first kappa shape index (κ1) is 15.6. The number of hydrogen-bond donors (Lipinski definition) is 2.